The zero-order valence-corrected chi connectivity index (χ0v) is 15.7. The van der Waals surface area contributed by atoms with Crippen LogP contribution in [-0.2, 0) is 9.53 Å². The van der Waals surface area contributed by atoms with Crippen molar-refractivity contribution < 1.29 is 19.1 Å². The maximum absolute atomic E-state index is 12.5. The molecule has 2 heterocycles. The van der Waals surface area contributed by atoms with Crippen molar-refractivity contribution >= 4 is 39.2 Å². The fourth-order valence-electron chi connectivity index (χ4n) is 2.58. The molecular weight excluding hydrogens is 402 g/mol. The Hall–Kier alpha value is -2.45. The molecule has 0 radical (unpaired) electrons. The van der Waals surface area contributed by atoms with E-state index >= 15 is 0 Å². The molecule has 136 valence electrons. The Labute approximate surface area is 159 Å². The molecule has 3 rings (SSSR count). The van der Waals surface area contributed by atoms with Gasteiger partial charge in [0.2, 0.25) is 0 Å². The summed E-state index contributed by atoms with van der Waals surface area (Å²) in [5.41, 5.74) is 0.943. The second-order valence-electron chi connectivity index (χ2n) is 5.73. The molecule has 1 fully saturated rings. The van der Waals surface area contributed by atoms with Gasteiger partial charge in [-0.15, -0.1) is 0 Å². The fraction of sp³-hybridized carbons (Fsp3) is 0.278. The molecule has 26 heavy (non-hydrogen) atoms. The Kier molecular flexibility index (Phi) is 5.85. The second-order valence-corrected chi connectivity index (χ2v) is 6.58. The summed E-state index contributed by atoms with van der Waals surface area (Å²) < 4.78 is 11.2. The SMILES string of the molecule is COc1cc(NC(=O)c2cccc(NC(=O)[C@H]3CCCO3)c2)ncc1Br. The molecule has 2 aromatic rings. The van der Waals surface area contributed by atoms with E-state index in [0.717, 1.165) is 6.42 Å². The van der Waals surface area contributed by atoms with Crippen molar-refractivity contribution in [1.82, 2.24) is 4.98 Å². The quantitative estimate of drug-likeness (QED) is 0.776. The molecule has 1 atom stereocenters. The van der Waals surface area contributed by atoms with Crippen LogP contribution in [0.1, 0.15) is 23.2 Å². The third kappa shape index (κ3) is 4.39. The Balaban J connectivity index is 1.68. The second kappa shape index (κ2) is 8.29. The van der Waals surface area contributed by atoms with Crippen LogP contribution in [0.4, 0.5) is 11.5 Å². The Morgan fingerprint density at radius 2 is 2.15 bits per heavy atom. The van der Waals surface area contributed by atoms with Gasteiger partial charge in [0.05, 0.1) is 11.6 Å². The molecule has 0 unspecified atom stereocenters. The van der Waals surface area contributed by atoms with E-state index in [2.05, 4.69) is 31.5 Å². The van der Waals surface area contributed by atoms with E-state index in [4.69, 9.17) is 9.47 Å². The van der Waals surface area contributed by atoms with Crippen LogP contribution in [0.3, 0.4) is 0 Å². The van der Waals surface area contributed by atoms with Gasteiger partial charge >= 0.3 is 0 Å². The molecule has 0 saturated carbocycles. The van der Waals surface area contributed by atoms with Crippen molar-refractivity contribution in [2.24, 2.45) is 0 Å². The highest BCUT2D eigenvalue weighted by Gasteiger charge is 2.23. The van der Waals surface area contributed by atoms with E-state index in [1.807, 2.05) is 0 Å². The molecule has 7 nitrogen and oxygen atoms in total. The highest BCUT2D eigenvalue weighted by molar-refractivity contribution is 9.10. The minimum atomic E-state index is -0.424. The summed E-state index contributed by atoms with van der Waals surface area (Å²) in [6.45, 7) is 0.601. The molecule has 1 aliphatic rings. The van der Waals surface area contributed by atoms with Gasteiger partial charge < -0.3 is 20.1 Å². The average molecular weight is 420 g/mol. The van der Waals surface area contributed by atoms with Gasteiger partial charge in [-0.25, -0.2) is 4.98 Å². The number of hydrogen-bond donors (Lipinski definition) is 2. The smallest absolute Gasteiger partial charge is 0.256 e. The van der Waals surface area contributed by atoms with Crippen LogP contribution in [0.2, 0.25) is 0 Å². The number of halogens is 1. The van der Waals surface area contributed by atoms with Crippen molar-refractivity contribution in [3.8, 4) is 5.75 Å². The topological polar surface area (TPSA) is 89.6 Å². The van der Waals surface area contributed by atoms with Gasteiger partial charge in [0.25, 0.3) is 11.8 Å². The lowest BCUT2D eigenvalue weighted by atomic mass is 10.1. The van der Waals surface area contributed by atoms with Crippen molar-refractivity contribution in [3.63, 3.8) is 0 Å². The zero-order chi connectivity index (χ0) is 18.5. The third-order valence-corrected chi connectivity index (χ3v) is 4.49. The molecule has 0 aliphatic carbocycles. The highest BCUT2D eigenvalue weighted by atomic mass is 79.9. The number of nitrogens with one attached hydrogen (secondary N) is 2. The number of anilines is 2. The third-order valence-electron chi connectivity index (χ3n) is 3.90. The number of methoxy groups -OCH3 is 1. The Morgan fingerprint density at radius 1 is 1.31 bits per heavy atom. The highest BCUT2D eigenvalue weighted by Crippen LogP contribution is 2.26. The number of hydrogen-bond acceptors (Lipinski definition) is 5. The molecule has 1 saturated heterocycles. The maximum Gasteiger partial charge on any atom is 0.256 e. The zero-order valence-electron chi connectivity index (χ0n) is 14.1. The van der Waals surface area contributed by atoms with Gasteiger partial charge in [-0.05, 0) is 47.0 Å². The van der Waals surface area contributed by atoms with Crippen LogP contribution < -0.4 is 15.4 Å². The molecule has 0 spiro atoms. The summed E-state index contributed by atoms with van der Waals surface area (Å²) >= 11 is 3.31. The summed E-state index contributed by atoms with van der Waals surface area (Å²) in [5.74, 6) is 0.395. The first-order chi connectivity index (χ1) is 12.6. The van der Waals surface area contributed by atoms with Crippen molar-refractivity contribution in [3.05, 3.63) is 46.6 Å². The van der Waals surface area contributed by atoms with Gasteiger partial charge in [-0.3, -0.25) is 9.59 Å². The number of carbonyl (C=O) groups excluding carboxylic acids is 2. The number of pyridine rings is 1. The number of nitrogens with zero attached hydrogens (tertiary/aromatic N) is 1. The first kappa shape index (κ1) is 18.3. The lowest BCUT2D eigenvalue weighted by Crippen LogP contribution is -2.27. The fourth-order valence-corrected chi connectivity index (χ4v) is 2.96. The molecule has 0 bridgehead atoms. The standard InChI is InChI=1S/C18H18BrN3O4/c1-25-15-9-16(20-10-13(15)19)22-17(23)11-4-2-5-12(8-11)21-18(24)14-6-3-7-26-14/h2,4-5,8-10,14H,3,6-7H2,1H3,(H,21,24)(H,20,22,23)/t14-/m1/s1. The molecule has 1 aromatic heterocycles. The van der Waals surface area contributed by atoms with Crippen molar-refractivity contribution in [2.45, 2.75) is 18.9 Å². The van der Waals surface area contributed by atoms with Crippen molar-refractivity contribution in [2.75, 3.05) is 24.4 Å². The minimum absolute atomic E-state index is 0.195. The number of ether oxygens (including phenoxy) is 2. The van der Waals surface area contributed by atoms with Crippen LogP contribution in [0.5, 0.6) is 5.75 Å². The minimum Gasteiger partial charge on any atom is -0.495 e. The average Bonchev–Trinajstić information content (AvgIpc) is 3.18. The predicted molar refractivity (Wildman–Crippen MR) is 100 cm³/mol. The van der Waals surface area contributed by atoms with E-state index in [9.17, 15) is 9.59 Å². The number of aromatic nitrogens is 1. The molecule has 1 aliphatic heterocycles. The van der Waals surface area contributed by atoms with E-state index < -0.39 is 6.10 Å². The van der Waals surface area contributed by atoms with Gasteiger partial charge in [0, 0.05) is 30.1 Å². The number of rotatable bonds is 5. The van der Waals surface area contributed by atoms with Crippen LogP contribution in [0.25, 0.3) is 0 Å². The largest absolute Gasteiger partial charge is 0.495 e. The summed E-state index contributed by atoms with van der Waals surface area (Å²) in [5, 5.41) is 5.49. The molecule has 8 heteroatoms. The normalized spacial score (nSPS) is 16.2. The number of benzene rings is 1. The monoisotopic (exact) mass is 419 g/mol. The molecule has 2 N–H and O–H groups in total. The summed E-state index contributed by atoms with van der Waals surface area (Å²) in [6.07, 6.45) is 2.71. The van der Waals surface area contributed by atoms with Gasteiger partial charge in [0.15, 0.2) is 0 Å². The first-order valence-corrected chi connectivity index (χ1v) is 8.89. The molecule has 2 amide bonds. The first-order valence-electron chi connectivity index (χ1n) is 8.10. The summed E-state index contributed by atoms with van der Waals surface area (Å²) in [4.78, 5) is 28.7. The van der Waals surface area contributed by atoms with Gasteiger partial charge in [-0.2, -0.15) is 0 Å². The number of carbonyl (C=O) groups is 2. The van der Waals surface area contributed by atoms with E-state index in [1.165, 1.54) is 7.11 Å². The maximum atomic E-state index is 12.5. The summed E-state index contributed by atoms with van der Waals surface area (Å²) in [6, 6.07) is 8.32. The van der Waals surface area contributed by atoms with Crippen LogP contribution in [-0.4, -0.2) is 36.6 Å². The van der Waals surface area contributed by atoms with E-state index in [0.29, 0.717) is 40.3 Å². The molecule has 1 aromatic carbocycles. The lowest BCUT2D eigenvalue weighted by molar-refractivity contribution is -0.124. The van der Waals surface area contributed by atoms with Crippen LogP contribution in [0.15, 0.2) is 41.0 Å². The lowest BCUT2D eigenvalue weighted by Gasteiger charge is -2.11. The Morgan fingerprint density at radius 3 is 2.88 bits per heavy atom. The van der Waals surface area contributed by atoms with E-state index in [-0.39, 0.29) is 11.8 Å². The summed E-state index contributed by atoms with van der Waals surface area (Å²) in [7, 11) is 1.53. The molecular formula is C18H18BrN3O4. The van der Waals surface area contributed by atoms with Crippen molar-refractivity contribution in [1.29, 1.82) is 0 Å². The number of amides is 2. The van der Waals surface area contributed by atoms with Crippen LogP contribution >= 0.6 is 15.9 Å². The van der Waals surface area contributed by atoms with Gasteiger partial charge in [0.1, 0.15) is 17.7 Å². The predicted octanol–water partition coefficient (Wildman–Crippen LogP) is 3.22. The Bertz CT molecular complexity index is 822. The van der Waals surface area contributed by atoms with Crippen LogP contribution in [0, 0.1) is 0 Å². The van der Waals surface area contributed by atoms with Gasteiger partial charge in [-0.1, -0.05) is 6.07 Å². The van der Waals surface area contributed by atoms with E-state index in [1.54, 1.807) is 36.5 Å².